The van der Waals surface area contributed by atoms with Gasteiger partial charge in [0.1, 0.15) is 5.82 Å². The van der Waals surface area contributed by atoms with Crippen LogP contribution < -0.4 is 0 Å². The highest BCUT2D eigenvalue weighted by Gasteiger charge is 2.26. The van der Waals surface area contributed by atoms with E-state index >= 15 is 0 Å². The Morgan fingerprint density at radius 1 is 0.970 bits per heavy atom. The van der Waals surface area contributed by atoms with E-state index in [1.807, 2.05) is 54.4 Å². The molecule has 0 saturated carbocycles. The molecule has 170 valence electrons. The average Bonchev–Trinajstić information content (AvgIpc) is 2.82. The molecule has 1 amide bonds. The highest BCUT2D eigenvalue weighted by atomic mass is 19.1. The molecule has 1 unspecified atom stereocenters. The van der Waals surface area contributed by atoms with Gasteiger partial charge < -0.3 is 4.90 Å². The Morgan fingerprint density at radius 3 is 2.12 bits per heavy atom. The SMILES string of the molecule is CC(C)C.CN(C(=O)c1ccc(-c2ccc(F)cc2)cc1)C1CCc2cc(C#N)ccc2C1. The summed E-state index contributed by atoms with van der Waals surface area (Å²) >= 11 is 0. The smallest absolute Gasteiger partial charge is 0.253 e. The van der Waals surface area contributed by atoms with Crippen LogP contribution in [-0.4, -0.2) is 23.9 Å². The molecule has 0 saturated heterocycles. The lowest BCUT2D eigenvalue weighted by molar-refractivity contribution is 0.0719. The van der Waals surface area contributed by atoms with E-state index in [1.54, 1.807) is 12.1 Å². The van der Waals surface area contributed by atoms with Crippen LogP contribution in [0.5, 0.6) is 0 Å². The van der Waals surface area contributed by atoms with E-state index in [1.165, 1.54) is 23.3 Å². The number of fused-ring (bicyclic) bond motifs is 1. The van der Waals surface area contributed by atoms with E-state index in [-0.39, 0.29) is 17.8 Å². The number of carbonyl (C=O) groups is 1. The van der Waals surface area contributed by atoms with E-state index in [0.29, 0.717) is 11.1 Å². The minimum atomic E-state index is -0.264. The summed E-state index contributed by atoms with van der Waals surface area (Å²) in [5.74, 6) is 0.567. The molecular weight excluding hydrogens is 411 g/mol. The molecule has 0 N–H and O–H groups in total. The lowest BCUT2D eigenvalue weighted by atomic mass is 9.86. The summed E-state index contributed by atoms with van der Waals surface area (Å²) in [5, 5.41) is 9.06. The van der Waals surface area contributed by atoms with Gasteiger partial charge in [0.2, 0.25) is 0 Å². The van der Waals surface area contributed by atoms with Crippen LogP contribution in [0.2, 0.25) is 0 Å². The Hall–Kier alpha value is -3.45. The topological polar surface area (TPSA) is 44.1 Å². The molecule has 0 aliphatic heterocycles. The van der Waals surface area contributed by atoms with Crippen LogP contribution in [0, 0.1) is 23.1 Å². The monoisotopic (exact) mass is 442 g/mol. The fourth-order valence-electron chi connectivity index (χ4n) is 3.95. The van der Waals surface area contributed by atoms with Crippen LogP contribution in [0.15, 0.2) is 66.7 Å². The minimum absolute atomic E-state index is 0.00208. The van der Waals surface area contributed by atoms with Crippen LogP contribution in [0.1, 0.15) is 54.2 Å². The first kappa shape index (κ1) is 24.2. The van der Waals surface area contributed by atoms with Gasteiger partial charge in [0.15, 0.2) is 0 Å². The van der Waals surface area contributed by atoms with E-state index in [0.717, 1.165) is 36.3 Å². The van der Waals surface area contributed by atoms with Crippen molar-refractivity contribution in [1.29, 1.82) is 5.26 Å². The third kappa shape index (κ3) is 6.29. The number of carbonyl (C=O) groups excluding carboxylic acids is 1. The van der Waals surface area contributed by atoms with Gasteiger partial charge >= 0.3 is 0 Å². The third-order valence-electron chi connectivity index (χ3n) is 5.72. The number of nitriles is 1. The normalized spacial score (nSPS) is 14.5. The zero-order chi connectivity index (χ0) is 24.0. The summed E-state index contributed by atoms with van der Waals surface area (Å²) in [6.45, 7) is 6.50. The molecule has 3 nitrogen and oxygen atoms in total. The number of hydrogen-bond donors (Lipinski definition) is 0. The summed E-state index contributed by atoms with van der Waals surface area (Å²) in [6.07, 6.45) is 2.56. The quantitative estimate of drug-likeness (QED) is 0.455. The first-order valence-corrected chi connectivity index (χ1v) is 11.4. The summed E-state index contributed by atoms with van der Waals surface area (Å²) < 4.78 is 13.1. The van der Waals surface area contributed by atoms with Gasteiger partial charge in [0, 0.05) is 18.7 Å². The van der Waals surface area contributed by atoms with Crippen molar-refractivity contribution in [3.05, 3.63) is 94.8 Å². The molecule has 0 heterocycles. The van der Waals surface area contributed by atoms with Crippen molar-refractivity contribution in [2.24, 2.45) is 5.92 Å². The van der Waals surface area contributed by atoms with Gasteiger partial charge in [0.05, 0.1) is 11.6 Å². The number of rotatable bonds is 3. The van der Waals surface area contributed by atoms with Crippen molar-refractivity contribution < 1.29 is 9.18 Å². The van der Waals surface area contributed by atoms with Gasteiger partial charge in [-0.25, -0.2) is 4.39 Å². The predicted molar refractivity (Wildman–Crippen MR) is 131 cm³/mol. The molecule has 1 aliphatic rings. The first-order chi connectivity index (χ1) is 15.8. The van der Waals surface area contributed by atoms with E-state index in [9.17, 15) is 9.18 Å². The Kier molecular flexibility index (Phi) is 8.01. The van der Waals surface area contributed by atoms with Crippen LogP contribution in [0.3, 0.4) is 0 Å². The summed E-state index contributed by atoms with van der Waals surface area (Å²) in [5.41, 5.74) is 5.62. The number of benzene rings is 3. The van der Waals surface area contributed by atoms with Gasteiger partial charge in [0.25, 0.3) is 5.91 Å². The molecule has 33 heavy (non-hydrogen) atoms. The summed E-state index contributed by atoms with van der Waals surface area (Å²) in [7, 11) is 1.86. The summed E-state index contributed by atoms with van der Waals surface area (Å²) in [4.78, 5) is 14.8. The maximum Gasteiger partial charge on any atom is 0.253 e. The van der Waals surface area contributed by atoms with Gasteiger partial charge in [-0.1, -0.05) is 51.1 Å². The molecule has 0 fully saturated rings. The Morgan fingerprint density at radius 2 is 1.55 bits per heavy atom. The standard InChI is InChI=1S/C25H21FN2O.C4H10/c1-28(24-13-10-21-14-17(16-27)2-3-22(21)15-24)25(29)20-6-4-18(5-7-20)19-8-11-23(26)12-9-19;1-4(2)3/h2-9,11-12,14,24H,10,13,15H2,1H3;4H,1-3H3. The Labute approximate surface area is 196 Å². The number of likely N-dealkylation sites (N-methyl/N-ethyl adjacent to an activating group) is 1. The second-order valence-corrected chi connectivity index (χ2v) is 9.22. The first-order valence-electron chi connectivity index (χ1n) is 11.4. The maximum absolute atomic E-state index is 13.1. The fraction of sp³-hybridized carbons (Fsp3) is 0.310. The van der Waals surface area contributed by atoms with Gasteiger partial charge in [-0.2, -0.15) is 5.26 Å². The molecule has 0 bridgehead atoms. The van der Waals surface area contributed by atoms with Crippen LogP contribution in [0.4, 0.5) is 4.39 Å². The van der Waals surface area contributed by atoms with E-state index in [4.69, 9.17) is 5.26 Å². The lowest BCUT2D eigenvalue weighted by Gasteiger charge is -2.32. The van der Waals surface area contributed by atoms with Crippen molar-refractivity contribution in [2.75, 3.05) is 7.05 Å². The maximum atomic E-state index is 13.1. The molecule has 0 aromatic heterocycles. The van der Waals surface area contributed by atoms with Crippen LogP contribution in [-0.2, 0) is 12.8 Å². The van der Waals surface area contributed by atoms with Crippen molar-refractivity contribution in [2.45, 2.75) is 46.1 Å². The zero-order valence-electron chi connectivity index (χ0n) is 19.8. The number of hydrogen-bond acceptors (Lipinski definition) is 2. The minimum Gasteiger partial charge on any atom is -0.338 e. The van der Waals surface area contributed by atoms with Gasteiger partial charge in [-0.3, -0.25) is 4.79 Å². The number of aryl methyl sites for hydroxylation is 1. The highest BCUT2D eigenvalue weighted by molar-refractivity contribution is 5.94. The van der Waals surface area contributed by atoms with E-state index < -0.39 is 0 Å². The van der Waals surface area contributed by atoms with Crippen molar-refractivity contribution >= 4 is 5.91 Å². The molecule has 1 aliphatic carbocycles. The Bertz CT molecular complexity index is 1130. The molecular formula is C29H31FN2O. The van der Waals surface area contributed by atoms with Crippen molar-refractivity contribution in [3.8, 4) is 17.2 Å². The number of amides is 1. The Balaban J connectivity index is 0.000000709. The second-order valence-electron chi connectivity index (χ2n) is 9.22. The van der Waals surface area contributed by atoms with Crippen molar-refractivity contribution in [3.63, 3.8) is 0 Å². The largest absolute Gasteiger partial charge is 0.338 e. The second kappa shape index (κ2) is 10.9. The fourth-order valence-corrected chi connectivity index (χ4v) is 3.95. The summed E-state index contributed by atoms with van der Waals surface area (Å²) in [6, 6.07) is 21.9. The van der Waals surface area contributed by atoms with Crippen LogP contribution in [0.25, 0.3) is 11.1 Å². The molecule has 4 rings (SSSR count). The molecule has 3 aromatic rings. The average molecular weight is 443 g/mol. The van der Waals surface area contributed by atoms with Gasteiger partial charge in [-0.05, 0) is 83.8 Å². The lowest BCUT2D eigenvalue weighted by Crippen LogP contribution is -2.40. The highest BCUT2D eigenvalue weighted by Crippen LogP contribution is 2.26. The van der Waals surface area contributed by atoms with Crippen molar-refractivity contribution in [1.82, 2.24) is 4.90 Å². The van der Waals surface area contributed by atoms with Gasteiger partial charge in [-0.15, -0.1) is 0 Å². The molecule has 4 heteroatoms. The number of nitrogens with zero attached hydrogens (tertiary/aromatic N) is 2. The molecule has 3 aromatic carbocycles. The third-order valence-corrected chi connectivity index (χ3v) is 5.72. The van der Waals surface area contributed by atoms with Crippen LogP contribution >= 0.6 is 0 Å². The predicted octanol–water partition coefficient (Wildman–Crippen LogP) is 6.66. The molecule has 0 spiro atoms. The zero-order valence-corrected chi connectivity index (χ0v) is 19.8. The molecule has 1 atom stereocenters. The van der Waals surface area contributed by atoms with E-state index in [2.05, 4.69) is 26.8 Å². The number of halogens is 1. The molecule has 0 radical (unpaired) electrons.